The lowest BCUT2D eigenvalue weighted by molar-refractivity contribution is -0.136. The molecule has 0 aromatic heterocycles. The lowest BCUT2D eigenvalue weighted by atomic mass is 10.1. The molecule has 1 rings (SSSR count). The van der Waals surface area contributed by atoms with Crippen molar-refractivity contribution in [1.29, 1.82) is 0 Å². The molecular formula is C8H15NO2. The number of carboxylic acid groups (broad SMARTS) is 1. The molecule has 64 valence electrons. The Bertz CT molecular complexity index is 143. The van der Waals surface area contributed by atoms with Gasteiger partial charge in [-0.05, 0) is 19.3 Å². The molecule has 0 aromatic rings. The molecule has 1 unspecified atom stereocenters. The first kappa shape index (κ1) is 8.53. The van der Waals surface area contributed by atoms with Crippen molar-refractivity contribution in [3.05, 3.63) is 0 Å². The first-order valence-corrected chi connectivity index (χ1v) is 4.13. The summed E-state index contributed by atoms with van der Waals surface area (Å²) in [6.45, 7) is 2.13. The van der Waals surface area contributed by atoms with Crippen LogP contribution in [0.4, 0.5) is 0 Å². The second-order valence-electron chi connectivity index (χ2n) is 3.35. The first-order chi connectivity index (χ1) is 5.18. The van der Waals surface area contributed by atoms with Gasteiger partial charge in [0.05, 0.1) is 6.54 Å². The third-order valence-electron chi connectivity index (χ3n) is 1.99. The lowest BCUT2D eigenvalue weighted by Gasteiger charge is -2.10. The summed E-state index contributed by atoms with van der Waals surface area (Å²) in [5.74, 6) is 0.0962. The molecule has 1 atom stereocenters. The molecule has 2 N–H and O–H groups in total. The lowest BCUT2D eigenvalue weighted by Crippen LogP contribution is -2.31. The summed E-state index contributed by atoms with van der Waals surface area (Å²) in [7, 11) is 0. The zero-order valence-electron chi connectivity index (χ0n) is 6.84. The maximum Gasteiger partial charge on any atom is 0.317 e. The smallest absolute Gasteiger partial charge is 0.317 e. The number of rotatable bonds is 5. The molecule has 0 amide bonds. The Hall–Kier alpha value is -0.570. The van der Waals surface area contributed by atoms with Gasteiger partial charge in [0.1, 0.15) is 0 Å². The van der Waals surface area contributed by atoms with Crippen molar-refractivity contribution in [2.24, 2.45) is 5.92 Å². The van der Waals surface area contributed by atoms with E-state index in [4.69, 9.17) is 5.11 Å². The van der Waals surface area contributed by atoms with Crippen molar-refractivity contribution in [2.45, 2.75) is 32.2 Å². The Morgan fingerprint density at radius 3 is 2.82 bits per heavy atom. The van der Waals surface area contributed by atoms with Crippen LogP contribution in [0.1, 0.15) is 26.2 Å². The Labute approximate surface area is 66.8 Å². The molecule has 11 heavy (non-hydrogen) atoms. The van der Waals surface area contributed by atoms with E-state index in [0.717, 1.165) is 12.3 Å². The molecule has 0 aliphatic heterocycles. The van der Waals surface area contributed by atoms with Gasteiger partial charge in [0.25, 0.3) is 0 Å². The van der Waals surface area contributed by atoms with Crippen LogP contribution in [0, 0.1) is 5.92 Å². The van der Waals surface area contributed by atoms with Gasteiger partial charge in [0.2, 0.25) is 0 Å². The Balaban J connectivity index is 1.99. The third-order valence-corrected chi connectivity index (χ3v) is 1.99. The van der Waals surface area contributed by atoms with Gasteiger partial charge in [-0.3, -0.25) is 4.79 Å². The van der Waals surface area contributed by atoms with Gasteiger partial charge in [0.15, 0.2) is 0 Å². The van der Waals surface area contributed by atoms with Crippen LogP contribution in [-0.2, 0) is 4.79 Å². The Morgan fingerprint density at radius 1 is 1.73 bits per heavy atom. The fourth-order valence-corrected chi connectivity index (χ4v) is 1.20. The molecule has 0 radical (unpaired) electrons. The topological polar surface area (TPSA) is 49.3 Å². The van der Waals surface area contributed by atoms with Crippen molar-refractivity contribution >= 4 is 5.97 Å². The quantitative estimate of drug-likeness (QED) is 0.622. The molecule has 3 heteroatoms. The van der Waals surface area contributed by atoms with E-state index < -0.39 is 5.97 Å². The van der Waals surface area contributed by atoms with Gasteiger partial charge in [0, 0.05) is 6.04 Å². The number of hydrogen-bond acceptors (Lipinski definition) is 2. The molecule has 3 nitrogen and oxygen atoms in total. The predicted octanol–water partition coefficient (Wildman–Crippen LogP) is 0.849. The van der Waals surface area contributed by atoms with Crippen LogP contribution in [0.15, 0.2) is 0 Å². The van der Waals surface area contributed by atoms with E-state index in [-0.39, 0.29) is 6.54 Å². The number of carboxylic acids is 1. The van der Waals surface area contributed by atoms with E-state index in [9.17, 15) is 4.79 Å². The van der Waals surface area contributed by atoms with E-state index in [0.29, 0.717) is 6.04 Å². The van der Waals surface area contributed by atoms with Crippen LogP contribution in [-0.4, -0.2) is 23.7 Å². The zero-order valence-corrected chi connectivity index (χ0v) is 6.84. The predicted molar refractivity (Wildman–Crippen MR) is 42.4 cm³/mol. The summed E-state index contributed by atoms with van der Waals surface area (Å²) in [6.07, 6.45) is 3.80. The van der Waals surface area contributed by atoms with Gasteiger partial charge >= 0.3 is 5.97 Å². The third kappa shape index (κ3) is 3.98. The van der Waals surface area contributed by atoms with Crippen LogP contribution in [0.3, 0.4) is 0 Å². The molecule has 0 aromatic carbocycles. The Morgan fingerprint density at radius 2 is 2.36 bits per heavy atom. The fraction of sp³-hybridized carbons (Fsp3) is 0.875. The largest absolute Gasteiger partial charge is 0.480 e. The highest BCUT2D eigenvalue weighted by molar-refractivity contribution is 5.69. The van der Waals surface area contributed by atoms with Gasteiger partial charge in [-0.2, -0.15) is 0 Å². The minimum absolute atomic E-state index is 0.0912. The minimum Gasteiger partial charge on any atom is -0.480 e. The van der Waals surface area contributed by atoms with Gasteiger partial charge in [-0.25, -0.2) is 0 Å². The zero-order chi connectivity index (χ0) is 8.27. The van der Waals surface area contributed by atoms with Gasteiger partial charge in [-0.15, -0.1) is 0 Å². The van der Waals surface area contributed by atoms with Crippen LogP contribution in [0.5, 0.6) is 0 Å². The van der Waals surface area contributed by atoms with E-state index >= 15 is 0 Å². The van der Waals surface area contributed by atoms with E-state index in [1.54, 1.807) is 0 Å². The van der Waals surface area contributed by atoms with E-state index in [2.05, 4.69) is 5.32 Å². The molecule has 1 saturated carbocycles. The summed E-state index contributed by atoms with van der Waals surface area (Å²) in [6, 6.07) is 0.360. The number of hydrogen-bond donors (Lipinski definition) is 2. The normalized spacial score (nSPS) is 19.7. The number of nitrogens with one attached hydrogen (secondary N) is 1. The van der Waals surface area contributed by atoms with Crippen molar-refractivity contribution in [2.75, 3.05) is 6.54 Å². The minimum atomic E-state index is -0.771. The van der Waals surface area contributed by atoms with Gasteiger partial charge < -0.3 is 10.4 Å². The van der Waals surface area contributed by atoms with Crippen molar-refractivity contribution in [3.8, 4) is 0 Å². The van der Waals surface area contributed by atoms with E-state index in [1.165, 1.54) is 12.8 Å². The fourth-order valence-electron chi connectivity index (χ4n) is 1.20. The summed E-state index contributed by atoms with van der Waals surface area (Å²) in [4.78, 5) is 10.1. The highest BCUT2D eigenvalue weighted by Gasteiger charge is 2.23. The molecule has 0 saturated heterocycles. The molecule has 1 fully saturated rings. The van der Waals surface area contributed by atoms with Crippen LogP contribution < -0.4 is 5.32 Å². The maximum absolute atomic E-state index is 10.1. The van der Waals surface area contributed by atoms with Gasteiger partial charge in [-0.1, -0.05) is 12.8 Å². The maximum atomic E-state index is 10.1. The molecule has 0 heterocycles. The summed E-state index contributed by atoms with van der Waals surface area (Å²) >= 11 is 0. The first-order valence-electron chi connectivity index (χ1n) is 4.13. The molecular weight excluding hydrogens is 142 g/mol. The van der Waals surface area contributed by atoms with Crippen molar-refractivity contribution in [3.63, 3.8) is 0 Å². The second-order valence-corrected chi connectivity index (χ2v) is 3.35. The Kier molecular flexibility index (Phi) is 2.88. The van der Waals surface area contributed by atoms with E-state index in [1.807, 2.05) is 6.92 Å². The van der Waals surface area contributed by atoms with Crippen LogP contribution in [0.25, 0.3) is 0 Å². The number of carbonyl (C=O) groups is 1. The monoisotopic (exact) mass is 157 g/mol. The average Bonchev–Trinajstić information content (AvgIpc) is 2.67. The standard InChI is InChI=1S/C8H15NO2/c1-6(4-7-2-3-7)9-5-8(10)11/h6-7,9H,2-5H2,1H3,(H,10,11). The summed E-state index contributed by atoms with van der Waals surface area (Å²) < 4.78 is 0. The van der Waals surface area contributed by atoms with Crippen molar-refractivity contribution in [1.82, 2.24) is 5.32 Å². The second kappa shape index (κ2) is 3.72. The average molecular weight is 157 g/mol. The molecule has 1 aliphatic carbocycles. The summed E-state index contributed by atoms with van der Waals surface area (Å²) in [5.41, 5.74) is 0. The molecule has 0 bridgehead atoms. The molecule has 1 aliphatic rings. The summed E-state index contributed by atoms with van der Waals surface area (Å²) in [5, 5.41) is 11.3. The molecule has 0 spiro atoms. The SMILES string of the molecule is CC(CC1CC1)NCC(=O)O. The van der Waals surface area contributed by atoms with Crippen molar-refractivity contribution < 1.29 is 9.90 Å². The number of aliphatic carboxylic acids is 1. The van der Waals surface area contributed by atoms with Crippen LogP contribution >= 0.6 is 0 Å². The highest BCUT2D eigenvalue weighted by atomic mass is 16.4. The van der Waals surface area contributed by atoms with Crippen LogP contribution in [0.2, 0.25) is 0 Å². The highest BCUT2D eigenvalue weighted by Crippen LogP contribution is 2.33.